The summed E-state index contributed by atoms with van der Waals surface area (Å²) in [5, 5.41) is 2.82. The first-order chi connectivity index (χ1) is 18.9. The van der Waals surface area contributed by atoms with Gasteiger partial charge < -0.3 is 24.8 Å². The number of amides is 3. The fourth-order valence-corrected chi connectivity index (χ4v) is 5.23. The van der Waals surface area contributed by atoms with Gasteiger partial charge in [0.2, 0.25) is 5.91 Å². The Bertz CT molecular complexity index is 1300. The maximum Gasteiger partial charge on any atom is 0.260 e. The Balaban J connectivity index is 1.24. The van der Waals surface area contributed by atoms with Crippen LogP contribution in [0, 0.1) is 5.82 Å². The Kier molecular flexibility index (Phi) is 7.76. The number of hydrogen-bond donors (Lipinski definition) is 1. The summed E-state index contributed by atoms with van der Waals surface area (Å²) in [6.45, 7) is 1.20. The topological polar surface area (TPSA) is 82.2 Å². The molecule has 8 nitrogen and oxygen atoms in total. The van der Waals surface area contributed by atoms with Gasteiger partial charge in [-0.05, 0) is 54.8 Å². The van der Waals surface area contributed by atoms with Crippen molar-refractivity contribution in [2.75, 3.05) is 37.8 Å². The Morgan fingerprint density at radius 2 is 1.54 bits per heavy atom. The van der Waals surface area contributed by atoms with Gasteiger partial charge >= 0.3 is 0 Å². The molecular formula is C30H31FN4O4. The van der Waals surface area contributed by atoms with Gasteiger partial charge in [0.15, 0.2) is 6.61 Å². The number of likely N-dealkylation sites (tertiary alicyclic amines) is 1. The average molecular weight is 531 g/mol. The fraction of sp³-hybridized carbons (Fsp3) is 0.300. The van der Waals surface area contributed by atoms with Crippen molar-refractivity contribution in [2.24, 2.45) is 0 Å². The molecule has 0 radical (unpaired) electrons. The van der Waals surface area contributed by atoms with Gasteiger partial charge in [0, 0.05) is 25.3 Å². The van der Waals surface area contributed by atoms with Crippen LogP contribution >= 0.6 is 0 Å². The van der Waals surface area contributed by atoms with E-state index < -0.39 is 5.54 Å². The SMILES string of the molecule is O=C(CN1CN(c2ccccc2)C2(CCN(C(=O)COc3ccccc3)CC2)C1=O)NCc1ccc(F)cc1. The fourth-order valence-electron chi connectivity index (χ4n) is 5.23. The van der Waals surface area contributed by atoms with Crippen molar-refractivity contribution < 1.29 is 23.5 Å². The standard InChI is InChI=1S/C30H31FN4O4/c31-24-13-11-23(12-14-24)19-32-27(36)20-34-22-35(25-7-3-1-4-8-25)30(29(34)38)15-17-33(18-16-30)28(37)21-39-26-9-5-2-6-10-26/h1-14H,15-22H2,(H,32,36). The van der Waals surface area contributed by atoms with E-state index in [1.54, 1.807) is 34.1 Å². The monoisotopic (exact) mass is 530 g/mol. The minimum atomic E-state index is -0.838. The van der Waals surface area contributed by atoms with E-state index in [0.717, 1.165) is 11.3 Å². The summed E-state index contributed by atoms with van der Waals surface area (Å²) >= 11 is 0. The van der Waals surface area contributed by atoms with Crippen LogP contribution in [-0.4, -0.2) is 66.0 Å². The molecule has 0 unspecified atom stereocenters. The van der Waals surface area contributed by atoms with Crippen molar-refractivity contribution >= 4 is 23.4 Å². The average Bonchev–Trinajstić information content (AvgIpc) is 3.23. The zero-order valence-electron chi connectivity index (χ0n) is 21.6. The number of benzene rings is 3. The molecule has 0 saturated carbocycles. The Morgan fingerprint density at radius 3 is 2.21 bits per heavy atom. The molecule has 0 bridgehead atoms. The lowest BCUT2D eigenvalue weighted by Gasteiger charge is -2.43. The first kappa shape index (κ1) is 26.2. The molecule has 1 spiro atoms. The third-order valence-electron chi connectivity index (χ3n) is 7.37. The lowest BCUT2D eigenvalue weighted by molar-refractivity contribution is -0.140. The first-order valence-electron chi connectivity index (χ1n) is 13.0. The third-order valence-corrected chi connectivity index (χ3v) is 7.37. The molecule has 1 N–H and O–H groups in total. The van der Waals surface area contributed by atoms with Crippen LogP contribution in [0.2, 0.25) is 0 Å². The predicted octanol–water partition coefficient (Wildman–Crippen LogP) is 3.19. The van der Waals surface area contributed by atoms with E-state index in [2.05, 4.69) is 10.2 Å². The summed E-state index contributed by atoms with van der Waals surface area (Å²) in [5.41, 5.74) is 0.829. The van der Waals surface area contributed by atoms with Crippen molar-refractivity contribution in [3.05, 3.63) is 96.3 Å². The molecule has 2 heterocycles. The van der Waals surface area contributed by atoms with Gasteiger partial charge in [-0.2, -0.15) is 0 Å². The van der Waals surface area contributed by atoms with E-state index in [9.17, 15) is 18.8 Å². The molecule has 5 rings (SSSR count). The number of nitrogens with one attached hydrogen (secondary N) is 1. The quantitative estimate of drug-likeness (QED) is 0.484. The van der Waals surface area contributed by atoms with Crippen molar-refractivity contribution in [1.82, 2.24) is 15.1 Å². The van der Waals surface area contributed by atoms with Crippen LogP contribution in [0.1, 0.15) is 18.4 Å². The lowest BCUT2D eigenvalue weighted by Crippen LogP contribution is -2.58. The zero-order valence-corrected chi connectivity index (χ0v) is 21.6. The van der Waals surface area contributed by atoms with Crippen LogP contribution < -0.4 is 15.0 Å². The molecule has 0 aromatic heterocycles. The minimum absolute atomic E-state index is 0.0618. The van der Waals surface area contributed by atoms with Gasteiger partial charge in [0.25, 0.3) is 11.8 Å². The van der Waals surface area contributed by atoms with Crippen LogP contribution in [-0.2, 0) is 20.9 Å². The molecule has 202 valence electrons. The Hall–Kier alpha value is -4.40. The molecule has 0 atom stereocenters. The van der Waals surface area contributed by atoms with Gasteiger partial charge in [0.1, 0.15) is 23.7 Å². The van der Waals surface area contributed by atoms with Gasteiger partial charge in [-0.3, -0.25) is 14.4 Å². The number of ether oxygens (including phenoxy) is 1. The second-order valence-electron chi connectivity index (χ2n) is 9.83. The number of piperidine rings is 1. The highest BCUT2D eigenvalue weighted by atomic mass is 19.1. The summed E-state index contributed by atoms with van der Waals surface area (Å²) in [6, 6.07) is 24.8. The molecule has 2 aliphatic heterocycles. The number of carbonyl (C=O) groups excluding carboxylic acids is 3. The molecule has 0 aliphatic carbocycles. The summed E-state index contributed by atoms with van der Waals surface area (Å²) < 4.78 is 18.8. The highest BCUT2D eigenvalue weighted by Crippen LogP contribution is 2.39. The zero-order chi connectivity index (χ0) is 27.2. The van der Waals surface area contributed by atoms with Gasteiger partial charge in [-0.15, -0.1) is 0 Å². The summed E-state index contributed by atoms with van der Waals surface area (Å²) in [7, 11) is 0. The second kappa shape index (κ2) is 11.6. The van der Waals surface area contributed by atoms with Gasteiger partial charge in [0.05, 0.1) is 6.67 Å². The highest BCUT2D eigenvalue weighted by Gasteiger charge is 2.54. The van der Waals surface area contributed by atoms with Crippen LogP contribution in [0.25, 0.3) is 0 Å². The van der Waals surface area contributed by atoms with Crippen LogP contribution in [0.4, 0.5) is 10.1 Å². The van der Waals surface area contributed by atoms with Crippen molar-refractivity contribution in [1.29, 1.82) is 0 Å². The van der Waals surface area contributed by atoms with Crippen LogP contribution in [0.3, 0.4) is 0 Å². The summed E-state index contributed by atoms with van der Waals surface area (Å²) in [4.78, 5) is 44.8. The highest BCUT2D eigenvalue weighted by molar-refractivity contribution is 5.96. The molecular weight excluding hydrogens is 499 g/mol. The van der Waals surface area contributed by atoms with E-state index in [-0.39, 0.29) is 49.9 Å². The normalized spacial score (nSPS) is 16.4. The van der Waals surface area contributed by atoms with Crippen molar-refractivity contribution in [3.8, 4) is 5.75 Å². The van der Waals surface area contributed by atoms with Gasteiger partial charge in [-0.25, -0.2) is 4.39 Å². The molecule has 3 aromatic rings. The minimum Gasteiger partial charge on any atom is -0.484 e. The molecule has 2 saturated heterocycles. The Morgan fingerprint density at radius 1 is 0.897 bits per heavy atom. The van der Waals surface area contributed by atoms with E-state index in [1.165, 1.54) is 12.1 Å². The summed E-state index contributed by atoms with van der Waals surface area (Å²) in [6.07, 6.45) is 0.900. The number of hydrogen-bond acceptors (Lipinski definition) is 5. The number of para-hydroxylation sites is 2. The lowest BCUT2D eigenvalue weighted by atomic mass is 9.85. The maximum absolute atomic E-state index is 13.8. The molecule has 9 heteroatoms. The molecule has 3 amide bonds. The van der Waals surface area contributed by atoms with Gasteiger partial charge in [-0.1, -0.05) is 48.5 Å². The van der Waals surface area contributed by atoms with Crippen molar-refractivity contribution in [3.63, 3.8) is 0 Å². The van der Waals surface area contributed by atoms with E-state index in [4.69, 9.17) is 4.74 Å². The number of nitrogens with zero attached hydrogens (tertiary/aromatic N) is 3. The predicted molar refractivity (Wildman–Crippen MR) is 144 cm³/mol. The number of carbonyl (C=O) groups is 3. The molecule has 3 aromatic carbocycles. The smallest absolute Gasteiger partial charge is 0.260 e. The van der Waals surface area contributed by atoms with Crippen LogP contribution in [0.5, 0.6) is 5.75 Å². The second-order valence-corrected chi connectivity index (χ2v) is 9.83. The number of anilines is 1. The van der Waals surface area contributed by atoms with Crippen LogP contribution in [0.15, 0.2) is 84.9 Å². The molecule has 2 aliphatic rings. The molecule has 39 heavy (non-hydrogen) atoms. The first-order valence-corrected chi connectivity index (χ1v) is 13.0. The molecule has 2 fully saturated rings. The largest absolute Gasteiger partial charge is 0.484 e. The maximum atomic E-state index is 13.8. The summed E-state index contributed by atoms with van der Waals surface area (Å²) in [5.74, 6) is -0.230. The van der Waals surface area contributed by atoms with E-state index in [0.29, 0.717) is 31.7 Å². The number of halogens is 1. The third kappa shape index (κ3) is 5.87. The van der Waals surface area contributed by atoms with Crippen molar-refractivity contribution in [2.45, 2.75) is 24.9 Å². The van der Waals surface area contributed by atoms with E-state index in [1.807, 2.05) is 48.5 Å². The van der Waals surface area contributed by atoms with E-state index >= 15 is 0 Å². The number of rotatable bonds is 8. The Labute approximate surface area is 227 Å².